The lowest BCUT2D eigenvalue weighted by Crippen LogP contribution is -1.97. The van der Waals surface area contributed by atoms with Crippen LogP contribution in [0.5, 0.6) is 5.75 Å². The lowest BCUT2D eigenvalue weighted by molar-refractivity contribution is -0.384. The van der Waals surface area contributed by atoms with Gasteiger partial charge < -0.3 is 10.8 Å². The molecule has 3 N–H and O–H groups in total. The van der Waals surface area contributed by atoms with E-state index < -0.39 is 4.92 Å². The van der Waals surface area contributed by atoms with Gasteiger partial charge in [-0.1, -0.05) is 12.1 Å². The molecule has 0 saturated carbocycles. The number of nitro benzene ring substituents is 1. The molecule has 8 nitrogen and oxygen atoms in total. The third-order valence-electron chi connectivity index (χ3n) is 3.44. The Bertz CT molecular complexity index is 1010. The highest BCUT2D eigenvalue weighted by Crippen LogP contribution is 2.33. The maximum atomic E-state index is 10.9. The number of benzene rings is 2. The number of nitro groups is 1. The van der Waals surface area contributed by atoms with Gasteiger partial charge in [0.1, 0.15) is 5.75 Å². The highest BCUT2D eigenvalue weighted by Gasteiger charge is 2.11. The van der Waals surface area contributed by atoms with E-state index in [1.165, 1.54) is 16.8 Å². The Kier molecular flexibility index (Phi) is 5.05. The van der Waals surface area contributed by atoms with Gasteiger partial charge in [0, 0.05) is 17.7 Å². The van der Waals surface area contributed by atoms with Crippen LogP contribution in [0.3, 0.4) is 0 Å². The Hall–Kier alpha value is -2.72. The highest BCUT2D eigenvalue weighted by molar-refractivity contribution is 9.11. The van der Waals surface area contributed by atoms with Crippen molar-refractivity contribution in [3.63, 3.8) is 0 Å². The number of nitrogens with two attached hydrogens (primary N) is 1. The predicted octanol–water partition coefficient (Wildman–Crippen LogP) is 4.15. The van der Waals surface area contributed by atoms with Crippen molar-refractivity contribution in [2.24, 2.45) is 5.10 Å². The average molecular weight is 481 g/mol. The molecule has 2 aromatic carbocycles. The van der Waals surface area contributed by atoms with Crippen molar-refractivity contribution >= 4 is 49.7 Å². The molecule has 0 atom stereocenters. The minimum Gasteiger partial charge on any atom is -0.506 e. The van der Waals surface area contributed by atoms with Crippen LogP contribution in [0.25, 0.3) is 11.3 Å². The summed E-state index contributed by atoms with van der Waals surface area (Å²) < 4.78 is 2.40. The first kappa shape index (κ1) is 18.1. The van der Waals surface area contributed by atoms with E-state index in [1.807, 2.05) is 0 Å². The maximum Gasteiger partial charge on any atom is 0.270 e. The van der Waals surface area contributed by atoms with Crippen LogP contribution in [0, 0.1) is 10.1 Å². The van der Waals surface area contributed by atoms with Gasteiger partial charge in [0.15, 0.2) is 0 Å². The van der Waals surface area contributed by atoms with Crippen LogP contribution in [0.15, 0.2) is 56.6 Å². The largest absolute Gasteiger partial charge is 0.506 e. The lowest BCUT2D eigenvalue weighted by atomic mass is 10.1. The van der Waals surface area contributed by atoms with Crippen molar-refractivity contribution in [2.75, 3.05) is 5.73 Å². The average Bonchev–Trinajstić information content (AvgIpc) is 2.98. The molecule has 0 unspecified atom stereocenters. The molecule has 0 aliphatic heterocycles. The number of nitrogen functional groups attached to an aromatic ring is 1. The first-order chi connectivity index (χ1) is 12.3. The molecule has 0 amide bonds. The predicted molar refractivity (Wildman–Crippen MR) is 105 cm³/mol. The number of halogens is 2. The van der Waals surface area contributed by atoms with Crippen LogP contribution in [-0.2, 0) is 0 Å². The molecular formula is C16H11Br2N5O3. The molecule has 1 heterocycles. The molecule has 0 fully saturated rings. The highest BCUT2D eigenvalue weighted by atomic mass is 79.9. The van der Waals surface area contributed by atoms with E-state index >= 15 is 0 Å². The van der Waals surface area contributed by atoms with Crippen LogP contribution in [0.4, 0.5) is 11.6 Å². The summed E-state index contributed by atoms with van der Waals surface area (Å²) in [6, 6.07) is 9.50. The molecule has 0 spiro atoms. The molecule has 3 rings (SSSR count). The summed E-state index contributed by atoms with van der Waals surface area (Å²) in [7, 11) is 0. The third-order valence-corrected chi connectivity index (χ3v) is 4.65. The summed E-state index contributed by atoms with van der Waals surface area (Å²) in [6.45, 7) is 0. The molecule has 0 aliphatic rings. The fourth-order valence-corrected chi connectivity index (χ4v) is 3.41. The first-order valence-corrected chi connectivity index (χ1v) is 8.76. The molecular weight excluding hydrogens is 470 g/mol. The summed E-state index contributed by atoms with van der Waals surface area (Å²) in [5.74, 6) is 0.233. The minimum absolute atomic E-state index is 0.0297. The van der Waals surface area contributed by atoms with Crippen molar-refractivity contribution in [2.45, 2.75) is 0 Å². The summed E-state index contributed by atoms with van der Waals surface area (Å²) >= 11 is 6.50. The second-order valence-electron chi connectivity index (χ2n) is 5.21. The number of anilines is 1. The van der Waals surface area contributed by atoms with E-state index in [0.717, 1.165) is 0 Å². The molecule has 0 radical (unpaired) electrons. The standard InChI is InChI=1S/C16H11Br2N5O3/c17-12-4-9(5-13(18)15(12)24)7-20-22-8-14(21-16(22)19)10-2-1-3-11(6-10)23(25)26/h1-8,24H,(H2,19,21). The number of phenolic OH excluding ortho intramolecular Hbond substituents is 1. The number of rotatable bonds is 4. The molecule has 1 aromatic heterocycles. The van der Waals surface area contributed by atoms with Gasteiger partial charge in [-0.3, -0.25) is 10.1 Å². The van der Waals surface area contributed by atoms with Gasteiger partial charge in [-0.05, 0) is 49.6 Å². The monoisotopic (exact) mass is 479 g/mol. The molecule has 0 saturated heterocycles. The number of aromatic nitrogens is 2. The number of non-ortho nitro benzene ring substituents is 1. The van der Waals surface area contributed by atoms with Gasteiger partial charge in [-0.2, -0.15) is 5.10 Å². The van der Waals surface area contributed by atoms with Crippen molar-refractivity contribution in [3.8, 4) is 17.0 Å². The number of hydrogen-bond acceptors (Lipinski definition) is 6. The van der Waals surface area contributed by atoms with E-state index in [9.17, 15) is 15.2 Å². The smallest absolute Gasteiger partial charge is 0.270 e. The van der Waals surface area contributed by atoms with E-state index in [4.69, 9.17) is 5.73 Å². The molecule has 10 heteroatoms. The molecule has 26 heavy (non-hydrogen) atoms. The number of nitrogens with zero attached hydrogens (tertiary/aromatic N) is 4. The zero-order chi connectivity index (χ0) is 18.8. The van der Waals surface area contributed by atoms with Crippen LogP contribution in [-0.4, -0.2) is 25.9 Å². The third kappa shape index (κ3) is 3.75. The fraction of sp³-hybridized carbons (Fsp3) is 0. The SMILES string of the molecule is Nc1nc(-c2cccc([N+](=O)[O-])c2)cn1N=Cc1cc(Br)c(O)c(Br)c1. The zero-order valence-electron chi connectivity index (χ0n) is 13.0. The maximum absolute atomic E-state index is 10.9. The fourth-order valence-electron chi connectivity index (χ4n) is 2.18. The molecule has 132 valence electrons. The molecule has 0 bridgehead atoms. The second kappa shape index (κ2) is 7.26. The Morgan fingerprint density at radius 3 is 2.62 bits per heavy atom. The Balaban J connectivity index is 1.91. The van der Waals surface area contributed by atoms with Gasteiger partial charge in [-0.25, -0.2) is 9.66 Å². The summed E-state index contributed by atoms with van der Waals surface area (Å²) in [6.07, 6.45) is 3.12. The number of phenols is 1. The number of aromatic hydroxyl groups is 1. The van der Waals surface area contributed by atoms with E-state index in [0.29, 0.717) is 25.8 Å². The van der Waals surface area contributed by atoms with Crippen molar-refractivity contribution in [1.82, 2.24) is 9.66 Å². The Labute approximate surface area is 164 Å². The summed E-state index contributed by atoms with van der Waals surface area (Å²) in [5, 5.41) is 24.9. The summed E-state index contributed by atoms with van der Waals surface area (Å²) in [4.78, 5) is 14.6. The van der Waals surface area contributed by atoms with Crippen molar-refractivity contribution in [3.05, 3.63) is 67.2 Å². The topological polar surface area (TPSA) is 120 Å². The second-order valence-corrected chi connectivity index (χ2v) is 6.92. The van der Waals surface area contributed by atoms with E-state index in [2.05, 4.69) is 41.9 Å². The minimum atomic E-state index is -0.470. The van der Waals surface area contributed by atoms with Gasteiger partial charge in [0.2, 0.25) is 5.95 Å². The Morgan fingerprint density at radius 1 is 1.27 bits per heavy atom. The van der Waals surface area contributed by atoms with Crippen LogP contribution >= 0.6 is 31.9 Å². The quantitative estimate of drug-likeness (QED) is 0.330. The number of imidazole rings is 1. The molecule has 0 aliphatic carbocycles. The van der Waals surface area contributed by atoms with Crippen molar-refractivity contribution < 1.29 is 10.0 Å². The van der Waals surface area contributed by atoms with Gasteiger partial charge in [0.25, 0.3) is 5.69 Å². The number of hydrogen-bond donors (Lipinski definition) is 2. The zero-order valence-corrected chi connectivity index (χ0v) is 16.2. The first-order valence-electron chi connectivity index (χ1n) is 7.17. The van der Waals surface area contributed by atoms with Gasteiger partial charge in [-0.15, -0.1) is 0 Å². The van der Waals surface area contributed by atoms with E-state index in [-0.39, 0.29) is 17.4 Å². The van der Waals surface area contributed by atoms with E-state index in [1.54, 1.807) is 36.7 Å². The van der Waals surface area contributed by atoms with Crippen LogP contribution in [0.1, 0.15) is 5.56 Å². The normalized spacial score (nSPS) is 11.2. The van der Waals surface area contributed by atoms with Gasteiger partial charge in [0.05, 0.1) is 32.0 Å². The van der Waals surface area contributed by atoms with Gasteiger partial charge >= 0.3 is 0 Å². The van der Waals surface area contributed by atoms with Crippen molar-refractivity contribution in [1.29, 1.82) is 0 Å². The molecule has 3 aromatic rings. The lowest BCUT2D eigenvalue weighted by Gasteiger charge is -2.02. The summed E-state index contributed by atoms with van der Waals surface area (Å²) in [5.41, 5.74) is 7.59. The van der Waals surface area contributed by atoms with Crippen LogP contribution < -0.4 is 5.73 Å². The Morgan fingerprint density at radius 2 is 1.96 bits per heavy atom. The van der Waals surface area contributed by atoms with Crippen LogP contribution in [0.2, 0.25) is 0 Å².